The minimum atomic E-state index is -0.738. The Balaban J connectivity index is 1.32. The van der Waals surface area contributed by atoms with E-state index in [9.17, 15) is 14.7 Å². The minimum absolute atomic E-state index is 0.0491. The Labute approximate surface area is 246 Å². The molecule has 0 spiro atoms. The summed E-state index contributed by atoms with van der Waals surface area (Å²) in [4.78, 5) is 31.0. The molecule has 3 heterocycles. The number of morpholine rings is 1. The number of benzene rings is 3. The Bertz CT molecular complexity index is 1480. The van der Waals surface area contributed by atoms with Crippen LogP contribution in [0.5, 0.6) is 11.5 Å². The molecule has 3 aromatic rings. The van der Waals surface area contributed by atoms with Crippen LogP contribution in [0, 0.1) is 0 Å². The van der Waals surface area contributed by atoms with Crippen LogP contribution in [0.3, 0.4) is 0 Å². The summed E-state index contributed by atoms with van der Waals surface area (Å²) in [7, 11) is 0. The monoisotopic (exact) mass is 568 g/mol. The highest BCUT2D eigenvalue weighted by molar-refractivity contribution is 6.46. The van der Waals surface area contributed by atoms with Crippen molar-refractivity contribution in [2.24, 2.45) is 0 Å². The maximum absolute atomic E-state index is 13.6. The van der Waals surface area contributed by atoms with Crippen molar-refractivity contribution >= 4 is 17.4 Å². The molecular formula is C34H36N2O6. The molecule has 0 aliphatic carbocycles. The van der Waals surface area contributed by atoms with E-state index in [1.54, 1.807) is 11.0 Å². The van der Waals surface area contributed by atoms with Crippen molar-refractivity contribution in [2.75, 3.05) is 39.4 Å². The van der Waals surface area contributed by atoms with Gasteiger partial charge in [-0.3, -0.25) is 14.5 Å². The van der Waals surface area contributed by atoms with Crippen LogP contribution < -0.4 is 9.47 Å². The standard InChI is InChI=1S/C34H36N2O6/c1-23-19-27-20-26(11-12-29(27)42-23)32(37)30-31(25-9-5-10-28(21-25)41-22-24-7-3-2-4-8-24)36(34(39)33(30)38)14-6-13-35-15-17-40-18-16-35/h2-5,7-12,20-21,23,31,37H,6,13-19,22H2,1H3/t23-,31-/m1/s1. The van der Waals surface area contributed by atoms with Crippen LogP contribution in [-0.4, -0.2) is 72.1 Å². The molecular weight excluding hydrogens is 532 g/mol. The molecule has 0 radical (unpaired) electrons. The Morgan fingerprint density at radius 1 is 0.976 bits per heavy atom. The smallest absolute Gasteiger partial charge is 0.295 e. The van der Waals surface area contributed by atoms with Gasteiger partial charge in [0.1, 0.15) is 30.0 Å². The van der Waals surface area contributed by atoms with Crippen LogP contribution in [0.1, 0.15) is 41.6 Å². The number of aliphatic hydroxyl groups excluding tert-OH is 1. The quantitative estimate of drug-likeness (QED) is 0.227. The van der Waals surface area contributed by atoms with Crippen molar-refractivity contribution in [1.29, 1.82) is 0 Å². The van der Waals surface area contributed by atoms with E-state index < -0.39 is 17.7 Å². The number of rotatable bonds is 9. The highest BCUT2D eigenvalue weighted by Crippen LogP contribution is 2.41. The third kappa shape index (κ3) is 5.91. The molecule has 0 aromatic heterocycles. The molecule has 3 aliphatic heterocycles. The molecule has 2 fully saturated rings. The average Bonchev–Trinajstić information content (AvgIpc) is 3.52. The summed E-state index contributed by atoms with van der Waals surface area (Å²) in [5, 5.41) is 11.6. The van der Waals surface area contributed by atoms with Gasteiger partial charge in [-0.05, 0) is 60.4 Å². The molecule has 1 N–H and O–H groups in total. The average molecular weight is 569 g/mol. The number of carbonyl (C=O) groups excluding carboxylic acids is 2. The van der Waals surface area contributed by atoms with Gasteiger partial charge >= 0.3 is 0 Å². The molecule has 3 aromatic carbocycles. The Kier molecular flexibility index (Phi) is 8.26. The summed E-state index contributed by atoms with van der Waals surface area (Å²) in [6, 6.07) is 22.0. The van der Waals surface area contributed by atoms with E-state index in [2.05, 4.69) is 4.90 Å². The molecule has 0 saturated carbocycles. The highest BCUT2D eigenvalue weighted by Gasteiger charge is 2.46. The van der Waals surface area contributed by atoms with Crippen molar-refractivity contribution in [1.82, 2.24) is 9.80 Å². The van der Waals surface area contributed by atoms with E-state index >= 15 is 0 Å². The molecule has 0 bridgehead atoms. The van der Waals surface area contributed by atoms with Crippen molar-refractivity contribution < 1.29 is 28.9 Å². The number of hydrogen-bond donors (Lipinski definition) is 1. The number of fused-ring (bicyclic) bond motifs is 1. The number of aliphatic hydroxyl groups is 1. The topological polar surface area (TPSA) is 88.5 Å². The number of nitrogens with zero attached hydrogens (tertiary/aromatic N) is 2. The van der Waals surface area contributed by atoms with Gasteiger partial charge in [0.15, 0.2) is 0 Å². The van der Waals surface area contributed by atoms with E-state index in [0.29, 0.717) is 49.7 Å². The predicted molar refractivity (Wildman–Crippen MR) is 158 cm³/mol. The first kappa shape index (κ1) is 28.0. The van der Waals surface area contributed by atoms with Crippen LogP contribution in [0.4, 0.5) is 0 Å². The van der Waals surface area contributed by atoms with Crippen LogP contribution in [0.15, 0.2) is 78.4 Å². The maximum Gasteiger partial charge on any atom is 0.295 e. The van der Waals surface area contributed by atoms with Gasteiger partial charge in [-0.15, -0.1) is 0 Å². The summed E-state index contributed by atoms with van der Waals surface area (Å²) in [5.74, 6) is -0.0461. The summed E-state index contributed by atoms with van der Waals surface area (Å²) < 4.78 is 17.4. The molecule has 2 saturated heterocycles. The van der Waals surface area contributed by atoms with Gasteiger partial charge in [-0.2, -0.15) is 0 Å². The van der Waals surface area contributed by atoms with Gasteiger partial charge in [0.05, 0.1) is 24.8 Å². The van der Waals surface area contributed by atoms with Crippen LogP contribution >= 0.6 is 0 Å². The number of Topliss-reactive ketones (excluding diaryl/α,β-unsaturated/α-hetero) is 1. The first-order valence-electron chi connectivity index (χ1n) is 14.6. The lowest BCUT2D eigenvalue weighted by atomic mass is 9.94. The molecule has 0 unspecified atom stereocenters. The SMILES string of the molecule is C[C@@H]1Cc2cc(C(O)=C3C(=O)C(=O)N(CCCN4CCOCC4)[C@@H]3c3cccc(OCc4ccccc4)c3)ccc2O1. The van der Waals surface area contributed by atoms with Gasteiger partial charge < -0.3 is 24.2 Å². The molecule has 2 atom stereocenters. The van der Waals surface area contributed by atoms with Crippen LogP contribution in [0.25, 0.3) is 5.76 Å². The zero-order chi connectivity index (χ0) is 29.1. The van der Waals surface area contributed by atoms with Crippen molar-refractivity contribution in [3.8, 4) is 11.5 Å². The second kappa shape index (κ2) is 12.4. The first-order valence-corrected chi connectivity index (χ1v) is 14.6. The molecule has 6 rings (SSSR count). The van der Waals surface area contributed by atoms with Crippen molar-refractivity contribution in [2.45, 2.75) is 38.5 Å². The zero-order valence-electron chi connectivity index (χ0n) is 23.8. The third-order valence-electron chi connectivity index (χ3n) is 8.11. The van der Waals surface area contributed by atoms with Gasteiger partial charge in [-0.1, -0.05) is 42.5 Å². The fourth-order valence-corrected chi connectivity index (χ4v) is 5.99. The lowest BCUT2D eigenvalue weighted by molar-refractivity contribution is -0.140. The molecule has 218 valence electrons. The van der Waals surface area contributed by atoms with E-state index in [4.69, 9.17) is 14.2 Å². The van der Waals surface area contributed by atoms with Gasteiger partial charge in [0.25, 0.3) is 11.7 Å². The second-order valence-electron chi connectivity index (χ2n) is 11.1. The van der Waals surface area contributed by atoms with Gasteiger partial charge in [0, 0.05) is 38.2 Å². The van der Waals surface area contributed by atoms with E-state index in [1.165, 1.54) is 0 Å². The minimum Gasteiger partial charge on any atom is -0.507 e. The molecule has 42 heavy (non-hydrogen) atoms. The highest BCUT2D eigenvalue weighted by atomic mass is 16.5. The zero-order valence-corrected chi connectivity index (χ0v) is 23.8. The molecule has 8 nitrogen and oxygen atoms in total. The van der Waals surface area contributed by atoms with Gasteiger partial charge in [-0.25, -0.2) is 0 Å². The normalized spacial score (nSPS) is 21.8. The largest absolute Gasteiger partial charge is 0.507 e. The Hall–Kier alpha value is -4.14. The van der Waals surface area contributed by atoms with Crippen LogP contribution in [0.2, 0.25) is 0 Å². The van der Waals surface area contributed by atoms with Crippen molar-refractivity contribution in [3.63, 3.8) is 0 Å². The van der Waals surface area contributed by atoms with E-state index in [1.807, 2.05) is 73.7 Å². The lowest BCUT2D eigenvalue weighted by Gasteiger charge is -2.29. The van der Waals surface area contributed by atoms with Crippen LogP contribution in [-0.2, 0) is 27.4 Å². The van der Waals surface area contributed by atoms with E-state index in [0.717, 1.165) is 42.9 Å². The molecule has 1 amide bonds. The number of amides is 1. The predicted octanol–water partition coefficient (Wildman–Crippen LogP) is 4.73. The molecule has 8 heteroatoms. The Morgan fingerprint density at radius 2 is 1.79 bits per heavy atom. The second-order valence-corrected chi connectivity index (χ2v) is 11.1. The Morgan fingerprint density at radius 3 is 2.60 bits per heavy atom. The molecule has 3 aliphatic rings. The number of likely N-dealkylation sites (tertiary alicyclic amines) is 1. The van der Waals surface area contributed by atoms with Crippen molar-refractivity contribution in [3.05, 3.63) is 101 Å². The summed E-state index contributed by atoms with van der Waals surface area (Å²) >= 11 is 0. The lowest BCUT2D eigenvalue weighted by Crippen LogP contribution is -2.38. The maximum atomic E-state index is 13.6. The fourth-order valence-electron chi connectivity index (χ4n) is 5.99. The summed E-state index contributed by atoms with van der Waals surface area (Å²) in [6.45, 7) is 6.66. The summed E-state index contributed by atoms with van der Waals surface area (Å²) in [6.07, 6.45) is 1.46. The number of hydrogen-bond acceptors (Lipinski definition) is 7. The van der Waals surface area contributed by atoms with Gasteiger partial charge in [0.2, 0.25) is 0 Å². The number of ketones is 1. The fraction of sp³-hybridized carbons (Fsp3) is 0.353. The van der Waals surface area contributed by atoms with E-state index in [-0.39, 0.29) is 17.4 Å². The number of carbonyl (C=O) groups is 2. The number of ether oxygens (including phenoxy) is 3. The summed E-state index contributed by atoms with van der Waals surface area (Å²) in [5.41, 5.74) is 3.31. The third-order valence-corrected chi connectivity index (χ3v) is 8.11. The first-order chi connectivity index (χ1) is 20.5.